The van der Waals surface area contributed by atoms with Gasteiger partial charge in [-0.05, 0) is 43.2 Å². The van der Waals surface area contributed by atoms with Crippen molar-refractivity contribution in [2.45, 2.75) is 44.8 Å². The summed E-state index contributed by atoms with van der Waals surface area (Å²) < 4.78 is 44.9. The maximum atomic E-state index is 13.3. The average molecular weight is 483 g/mol. The van der Waals surface area contributed by atoms with Crippen LogP contribution < -0.4 is 5.32 Å². The standard InChI is InChI=1S/C24H24F3N7O/c25-24(26,27)17-7-6-8-18(15-17)34-23(32-12-4-5-13-32)19(16-29-34)22(35)28-11-10-21-31-30-20-9-2-1-3-14-33(20)21/h4-8,12-13,15-16H,1-3,9-11,14H2,(H,28,35). The van der Waals surface area contributed by atoms with Crippen molar-refractivity contribution in [3.05, 3.63) is 77.8 Å². The normalized spacial score (nSPS) is 13.9. The Bertz CT molecular complexity index is 1320. The minimum atomic E-state index is -4.49. The predicted octanol–water partition coefficient (Wildman–Crippen LogP) is 3.97. The van der Waals surface area contributed by atoms with Gasteiger partial charge >= 0.3 is 6.18 Å². The van der Waals surface area contributed by atoms with Crippen molar-refractivity contribution in [1.29, 1.82) is 0 Å². The molecule has 0 aliphatic carbocycles. The fraction of sp³-hybridized carbons (Fsp3) is 0.333. The molecular weight excluding hydrogens is 459 g/mol. The lowest BCUT2D eigenvalue weighted by Crippen LogP contribution is -2.27. The molecule has 0 radical (unpaired) electrons. The Balaban J connectivity index is 1.38. The second-order valence-electron chi connectivity index (χ2n) is 8.43. The summed E-state index contributed by atoms with van der Waals surface area (Å²) in [5.41, 5.74) is -0.338. The molecule has 1 aliphatic heterocycles. The molecule has 11 heteroatoms. The SMILES string of the molecule is O=C(NCCc1nnc2n1CCCCC2)c1cnn(-c2cccc(C(F)(F)F)c2)c1-n1cccc1. The molecule has 5 rings (SSSR count). The summed E-state index contributed by atoms with van der Waals surface area (Å²) in [6.07, 6.45) is 5.09. The van der Waals surface area contributed by atoms with Gasteiger partial charge in [0.05, 0.1) is 17.4 Å². The summed E-state index contributed by atoms with van der Waals surface area (Å²) in [5.74, 6) is 1.80. The van der Waals surface area contributed by atoms with Crippen LogP contribution in [0.3, 0.4) is 0 Å². The molecule has 0 fully saturated rings. The highest BCUT2D eigenvalue weighted by molar-refractivity contribution is 5.97. The number of alkyl halides is 3. The molecule has 0 unspecified atom stereocenters. The summed E-state index contributed by atoms with van der Waals surface area (Å²) in [6.45, 7) is 1.23. The van der Waals surface area contributed by atoms with Crippen molar-refractivity contribution in [3.63, 3.8) is 0 Å². The lowest BCUT2D eigenvalue weighted by Gasteiger charge is -2.13. The van der Waals surface area contributed by atoms with Crippen LogP contribution in [0.1, 0.15) is 46.8 Å². The van der Waals surface area contributed by atoms with Crippen molar-refractivity contribution in [1.82, 2.24) is 34.4 Å². The van der Waals surface area contributed by atoms with E-state index >= 15 is 0 Å². The van der Waals surface area contributed by atoms with Crippen molar-refractivity contribution in [2.24, 2.45) is 0 Å². The smallest absolute Gasteiger partial charge is 0.351 e. The lowest BCUT2D eigenvalue weighted by atomic mass is 10.2. The van der Waals surface area contributed by atoms with Gasteiger partial charge in [-0.15, -0.1) is 10.2 Å². The molecule has 4 aromatic rings. The van der Waals surface area contributed by atoms with Crippen molar-refractivity contribution >= 4 is 5.91 Å². The molecule has 35 heavy (non-hydrogen) atoms. The molecule has 0 spiro atoms. The molecule has 1 amide bonds. The van der Waals surface area contributed by atoms with E-state index in [1.165, 1.54) is 23.0 Å². The highest BCUT2D eigenvalue weighted by Crippen LogP contribution is 2.31. The number of aromatic nitrogens is 6. The van der Waals surface area contributed by atoms with Gasteiger partial charge in [0, 0.05) is 38.3 Å². The maximum absolute atomic E-state index is 13.3. The van der Waals surface area contributed by atoms with Crippen molar-refractivity contribution < 1.29 is 18.0 Å². The molecule has 0 atom stereocenters. The number of rotatable bonds is 6. The first kappa shape index (κ1) is 22.9. The Labute approximate surface area is 199 Å². The van der Waals surface area contributed by atoms with Gasteiger partial charge in [-0.1, -0.05) is 12.5 Å². The minimum absolute atomic E-state index is 0.203. The number of carbonyl (C=O) groups excluding carboxylic acids is 1. The number of halogens is 3. The van der Waals surface area contributed by atoms with Crippen molar-refractivity contribution in [2.75, 3.05) is 6.54 Å². The Morgan fingerprint density at radius 2 is 1.89 bits per heavy atom. The van der Waals surface area contributed by atoms with E-state index in [1.807, 2.05) is 0 Å². The topological polar surface area (TPSA) is 82.6 Å². The number of hydrogen-bond donors (Lipinski definition) is 1. The molecule has 0 bridgehead atoms. The van der Waals surface area contributed by atoms with Crippen LogP contribution >= 0.6 is 0 Å². The molecule has 3 aromatic heterocycles. The highest BCUT2D eigenvalue weighted by atomic mass is 19.4. The van der Waals surface area contributed by atoms with E-state index in [2.05, 4.69) is 25.2 Å². The van der Waals surface area contributed by atoms with Crippen LogP contribution in [-0.4, -0.2) is 41.6 Å². The van der Waals surface area contributed by atoms with E-state index in [0.717, 1.165) is 56.0 Å². The number of nitrogens with zero attached hydrogens (tertiary/aromatic N) is 6. The Morgan fingerprint density at radius 1 is 1.06 bits per heavy atom. The number of carbonyl (C=O) groups is 1. The zero-order valence-corrected chi connectivity index (χ0v) is 18.9. The van der Waals surface area contributed by atoms with Gasteiger partial charge in [-0.25, -0.2) is 4.68 Å². The highest BCUT2D eigenvalue weighted by Gasteiger charge is 2.31. The van der Waals surface area contributed by atoms with Crippen LogP contribution in [0.25, 0.3) is 11.5 Å². The summed E-state index contributed by atoms with van der Waals surface area (Å²) >= 11 is 0. The summed E-state index contributed by atoms with van der Waals surface area (Å²) in [4.78, 5) is 13.1. The molecule has 1 N–H and O–H groups in total. The number of hydrogen-bond acceptors (Lipinski definition) is 4. The first-order valence-corrected chi connectivity index (χ1v) is 11.5. The van der Waals surface area contributed by atoms with Crippen LogP contribution in [0.15, 0.2) is 55.0 Å². The monoisotopic (exact) mass is 483 g/mol. The molecule has 1 aromatic carbocycles. The van der Waals surface area contributed by atoms with E-state index in [-0.39, 0.29) is 17.2 Å². The molecule has 0 saturated heterocycles. The van der Waals surface area contributed by atoms with E-state index in [4.69, 9.17) is 0 Å². The van der Waals surface area contributed by atoms with E-state index in [0.29, 0.717) is 18.8 Å². The minimum Gasteiger partial charge on any atom is -0.351 e. The second kappa shape index (κ2) is 9.40. The number of amides is 1. The van der Waals surface area contributed by atoms with Gasteiger partial charge in [0.15, 0.2) is 5.82 Å². The fourth-order valence-corrected chi connectivity index (χ4v) is 4.34. The van der Waals surface area contributed by atoms with Crippen LogP contribution in [-0.2, 0) is 25.6 Å². The maximum Gasteiger partial charge on any atom is 0.416 e. The zero-order valence-electron chi connectivity index (χ0n) is 18.9. The van der Waals surface area contributed by atoms with Gasteiger partial charge in [0.25, 0.3) is 5.91 Å². The third-order valence-corrected chi connectivity index (χ3v) is 6.08. The summed E-state index contributed by atoms with van der Waals surface area (Å²) in [5, 5.41) is 15.7. The van der Waals surface area contributed by atoms with E-state index in [9.17, 15) is 18.0 Å². The number of benzene rings is 1. The van der Waals surface area contributed by atoms with Crippen LogP contribution in [0.4, 0.5) is 13.2 Å². The Morgan fingerprint density at radius 3 is 2.69 bits per heavy atom. The Kier molecular flexibility index (Phi) is 6.14. The second-order valence-corrected chi connectivity index (χ2v) is 8.43. The van der Waals surface area contributed by atoms with E-state index < -0.39 is 11.7 Å². The quantitative estimate of drug-likeness (QED) is 0.450. The summed E-state index contributed by atoms with van der Waals surface area (Å²) in [6, 6.07) is 8.39. The zero-order chi connectivity index (χ0) is 24.4. The average Bonchev–Trinajstić information content (AvgIpc) is 3.56. The molecular formula is C24H24F3N7O. The van der Waals surface area contributed by atoms with Gasteiger partial charge in [0.1, 0.15) is 17.2 Å². The van der Waals surface area contributed by atoms with Gasteiger partial charge in [-0.3, -0.25) is 4.79 Å². The number of nitrogens with one attached hydrogen (secondary N) is 1. The largest absolute Gasteiger partial charge is 0.416 e. The molecule has 182 valence electrons. The molecule has 4 heterocycles. The first-order valence-electron chi connectivity index (χ1n) is 11.5. The first-order chi connectivity index (χ1) is 16.9. The summed E-state index contributed by atoms with van der Waals surface area (Å²) in [7, 11) is 0. The lowest BCUT2D eigenvalue weighted by molar-refractivity contribution is -0.137. The molecule has 8 nitrogen and oxygen atoms in total. The van der Waals surface area contributed by atoms with Gasteiger partial charge in [-0.2, -0.15) is 18.3 Å². The number of fused-ring (bicyclic) bond motifs is 1. The van der Waals surface area contributed by atoms with Crippen LogP contribution in [0, 0.1) is 0 Å². The van der Waals surface area contributed by atoms with Crippen LogP contribution in [0.5, 0.6) is 0 Å². The van der Waals surface area contributed by atoms with E-state index in [1.54, 1.807) is 29.1 Å². The molecule has 0 saturated carbocycles. The third kappa shape index (κ3) is 4.71. The van der Waals surface area contributed by atoms with Gasteiger partial charge < -0.3 is 14.5 Å². The number of aryl methyl sites for hydroxylation is 1. The Hall–Kier alpha value is -3.89. The molecule has 1 aliphatic rings. The van der Waals surface area contributed by atoms with Crippen LogP contribution in [0.2, 0.25) is 0 Å². The third-order valence-electron chi connectivity index (χ3n) is 6.08. The van der Waals surface area contributed by atoms with Gasteiger partial charge in [0.2, 0.25) is 0 Å². The predicted molar refractivity (Wildman–Crippen MR) is 122 cm³/mol. The van der Waals surface area contributed by atoms with Crippen molar-refractivity contribution in [3.8, 4) is 11.5 Å². The fourth-order valence-electron chi connectivity index (χ4n) is 4.34.